The third-order valence-corrected chi connectivity index (χ3v) is 4.40. The van der Waals surface area contributed by atoms with E-state index >= 15 is 0 Å². The third kappa shape index (κ3) is 2.04. The maximum Gasteiger partial charge on any atom is 0.152 e. The maximum atomic E-state index is 11.3. The van der Waals surface area contributed by atoms with Crippen LogP contribution in [-0.4, -0.2) is 36.4 Å². The molecule has 0 radical (unpaired) electrons. The summed E-state index contributed by atoms with van der Waals surface area (Å²) in [5.74, 6) is 2.34. The fraction of sp³-hybridized carbons (Fsp3) is 0.455. The Bertz CT molecular complexity index is 580. The summed E-state index contributed by atoms with van der Waals surface area (Å²) in [5, 5.41) is 7.70. The highest BCUT2D eigenvalue weighted by Crippen LogP contribution is 2.18. The van der Waals surface area contributed by atoms with Gasteiger partial charge >= 0.3 is 0 Å². The molecule has 0 aromatic carbocycles. The van der Waals surface area contributed by atoms with Crippen LogP contribution in [0.2, 0.25) is 0 Å². The minimum Gasteiger partial charge on any atom is -0.365 e. The normalized spacial score (nSPS) is 24.3. The van der Waals surface area contributed by atoms with Crippen molar-refractivity contribution in [2.75, 3.05) is 16.8 Å². The number of nitrogens with one attached hydrogen (secondary N) is 1. The first-order chi connectivity index (χ1) is 8.22. The van der Waals surface area contributed by atoms with Crippen LogP contribution in [0.25, 0.3) is 5.52 Å². The summed E-state index contributed by atoms with van der Waals surface area (Å²) in [6.07, 6.45) is 4.51. The number of hydrogen-bond acceptors (Lipinski definition) is 4. The molecule has 0 saturated carbocycles. The summed E-state index contributed by atoms with van der Waals surface area (Å²) in [4.78, 5) is 4.34. The fourth-order valence-corrected chi connectivity index (χ4v) is 3.54. The predicted octanol–water partition coefficient (Wildman–Crippen LogP) is 0.971. The summed E-state index contributed by atoms with van der Waals surface area (Å²) in [6.45, 7) is 1.96. The molecular weight excluding hydrogens is 236 g/mol. The monoisotopic (exact) mass is 250 g/mol. The van der Waals surface area contributed by atoms with E-state index in [1.165, 1.54) is 0 Å². The SMILES string of the molecule is Cc1cc2c(NC3CCS(=O)C3)nccn2n1. The van der Waals surface area contributed by atoms with Gasteiger partial charge in [-0.25, -0.2) is 9.50 Å². The van der Waals surface area contributed by atoms with Crippen LogP contribution >= 0.6 is 0 Å². The van der Waals surface area contributed by atoms with Crippen LogP contribution in [0.3, 0.4) is 0 Å². The van der Waals surface area contributed by atoms with Crippen LogP contribution in [0.5, 0.6) is 0 Å². The van der Waals surface area contributed by atoms with Crippen molar-refractivity contribution in [3.63, 3.8) is 0 Å². The predicted molar refractivity (Wildman–Crippen MR) is 67.6 cm³/mol. The Morgan fingerprint density at radius 2 is 2.47 bits per heavy atom. The first kappa shape index (κ1) is 10.7. The van der Waals surface area contributed by atoms with Crippen LogP contribution in [0.1, 0.15) is 12.1 Å². The molecule has 1 aliphatic heterocycles. The number of aromatic nitrogens is 3. The Morgan fingerprint density at radius 1 is 1.59 bits per heavy atom. The lowest BCUT2D eigenvalue weighted by atomic mass is 10.2. The Morgan fingerprint density at radius 3 is 3.24 bits per heavy atom. The van der Waals surface area contributed by atoms with Crippen molar-refractivity contribution in [2.24, 2.45) is 0 Å². The van der Waals surface area contributed by atoms with Gasteiger partial charge in [0.2, 0.25) is 0 Å². The number of hydrogen-bond donors (Lipinski definition) is 1. The van der Waals surface area contributed by atoms with E-state index in [0.717, 1.165) is 35.0 Å². The van der Waals surface area contributed by atoms with E-state index in [9.17, 15) is 4.21 Å². The van der Waals surface area contributed by atoms with Gasteiger partial charge in [-0.2, -0.15) is 5.10 Å². The summed E-state index contributed by atoms with van der Waals surface area (Å²) in [5.41, 5.74) is 1.94. The van der Waals surface area contributed by atoms with Crippen molar-refractivity contribution in [2.45, 2.75) is 19.4 Å². The zero-order chi connectivity index (χ0) is 11.8. The molecule has 2 aromatic rings. The van der Waals surface area contributed by atoms with E-state index in [4.69, 9.17) is 0 Å². The van der Waals surface area contributed by atoms with Gasteiger partial charge in [0, 0.05) is 40.7 Å². The van der Waals surface area contributed by atoms with Crippen LogP contribution in [0, 0.1) is 6.92 Å². The van der Waals surface area contributed by atoms with Crippen molar-refractivity contribution in [1.82, 2.24) is 14.6 Å². The molecule has 2 unspecified atom stereocenters. The van der Waals surface area contributed by atoms with Crippen molar-refractivity contribution >= 4 is 22.1 Å². The highest BCUT2D eigenvalue weighted by molar-refractivity contribution is 7.85. The second kappa shape index (κ2) is 4.10. The Kier molecular flexibility index (Phi) is 2.58. The van der Waals surface area contributed by atoms with E-state index in [0.29, 0.717) is 0 Å². The molecule has 0 spiro atoms. The van der Waals surface area contributed by atoms with Crippen LogP contribution < -0.4 is 5.32 Å². The highest BCUT2D eigenvalue weighted by atomic mass is 32.2. The molecule has 1 saturated heterocycles. The molecule has 0 bridgehead atoms. The zero-order valence-corrected chi connectivity index (χ0v) is 10.4. The van der Waals surface area contributed by atoms with Gasteiger partial charge in [-0.05, 0) is 19.4 Å². The van der Waals surface area contributed by atoms with E-state index in [-0.39, 0.29) is 6.04 Å². The second-order valence-electron chi connectivity index (χ2n) is 4.33. The quantitative estimate of drug-likeness (QED) is 0.863. The van der Waals surface area contributed by atoms with Crippen LogP contribution in [0.15, 0.2) is 18.5 Å². The fourth-order valence-electron chi connectivity index (χ4n) is 2.13. The van der Waals surface area contributed by atoms with E-state index in [2.05, 4.69) is 15.4 Å². The van der Waals surface area contributed by atoms with Gasteiger partial charge in [0.05, 0.1) is 5.69 Å². The van der Waals surface area contributed by atoms with Crippen molar-refractivity contribution in [3.8, 4) is 0 Å². The van der Waals surface area contributed by atoms with Crippen LogP contribution in [0.4, 0.5) is 5.82 Å². The van der Waals surface area contributed by atoms with E-state index in [1.54, 1.807) is 6.20 Å². The van der Waals surface area contributed by atoms with Gasteiger partial charge in [0.25, 0.3) is 0 Å². The van der Waals surface area contributed by atoms with Gasteiger partial charge in [0.15, 0.2) is 5.82 Å². The molecule has 3 rings (SSSR count). The lowest BCUT2D eigenvalue weighted by Crippen LogP contribution is -2.20. The second-order valence-corrected chi connectivity index (χ2v) is 5.95. The molecule has 0 aliphatic carbocycles. The molecule has 1 N–H and O–H groups in total. The molecule has 1 aliphatic rings. The van der Waals surface area contributed by atoms with Gasteiger partial charge in [-0.1, -0.05) is 0 Å². The molecule has 2 atom stereocenters. The van der Waals surface area contributed by atoms with Crippen molar-refractivity contribution in [3.05, 3.63) is 24.2 Å². The number of fused-ring (bicyclic) bond motifs is 1. The number of rotatable bonds is 2. The largest absolute Gasteiger partial charge is 0.365 e. The Labute approximate surface area is 102 Å². The average Bonchev–Trinajstić information content (AvgIpc) is 2.84. The summed E-state index contributed by atoms with van der Waals surface area (Å²) in [6, 6.07) is 2.27. The third-order valence-electron chi connectivity index (χ3n) is 2.93. The standard InChI is InChI=1S/C11H14N4OS/c1-8-6-10-11(12-3-4-15(10)14-8)13-9-2-5-17(16)7-9/h3-4,6,9H,2,5,7H2,1H3,(H,12,13). The number of anilines is 1. The summed E-state index contributed by atoms with van der Waals surface area (Å²) >= 11 is 0. The molecular formula is C11H14N4OS. The molecule has 2 aromatic heterocycles. The van der Waals surface area contributed by atoms with Gasteiger partial charge < -0.3 is 5.32 Å². The van der Waals surface area contributed by atoms with Crippen molar-refractivity contribution < 1.29 is 4.21 Å². The maximum absolute atomic E-state index is 11.3. The van der Waals surface area contributed by atoms with Gasteiger partial charge in [-0.3, -0.25) is 4.21 Å². The van der Waals surface area contributed by atoms with Crippen molar-refractivity contribution in [1.29, 1.82) is 0 Å². The molecule has 0 amide bonds. The number of nitrogens with zero attached hydrogens (tertiary/aromatic N) is 3. The lowest BCUT2D eigenvalue weighted by Gasteiger charge is -2.12. The average molecular weight is 250 g/mol. The molecule has 1 fully saturated rings. The smallest absolute Gasteiger partial charge is 0.152 e. The molecule has 90 valence electrons. The molecule has 17 heavy (non-hydrogen) atoms. The topological polar surface area (TPSA) is 59.3 Å². The first-order valence-corrected chi connectivity index (χ1v) is 7.14. The van der Waals surface area contributed by atoms with Crippen LogP contribution in [-0.2, 0) is 10.8 Å². The molecule has 6 heteroatoms. The Balaban J connectivity index is 1.92. The lowest BCUT2D eigenvalue weighted by molar-refractivity contribution is 0.686. The van der Waals surface area contributed by atoms with Gasteiger partial charge in [0.1, 0.15) is 5.52 Å². The van der Waals surface area contributed by atoms with E-state index < -0.39 is 10.8 Å². The summed E-state index contributed by atoms with van der Waals surface area (Å²) < 4.78 is 13.2. The van der Waals surface area contributed by atoms with E-state index in [1.807, 2.05) is 23.7 Å². The molecule has 3 heterocycles. The summed E-state index contributed by atoms with van der Waals surface area (Å²) in [7, 11) is -0.668. The first-order valence-electron chi connectivity index (χ1n) is 5.65. The highest BCUT2D eigenvalue weighted by Gasteiger charge is 2.21. The number of aryl methyl sites for hydroxylation is 1. The van der Waals surface area contributed by atoms with Gasteiger partial charge in [-0.15, -0.1) is 0 Å². The minimum absolute atomic E-state index is 0.268. The Hall–Kier alpha value is -1.43. The molecule has 5 nitrogen and oxygen atoms in total. The minimum atomic E-state index is -0.668. The zero-order valence-electron chi connectivity index (χ0n) is 9.59.